The van der Waals surface area contributed by atoms with Crippen LogP contribution in [0.3, 0.4) is 0 Å². The summed E-state index contributed by atoms with van der Waals surface area (Å²) in [6.07, 6.45) is 1.97. The van der Waals surface area contributed by atoms with Gasteiger partial charge in [0, 0.05) is 13.1 Å². The Labute approximate surface area is 242 Å². The zero-order valence-electron chi connectivity index (χ0n) is 24.0. The maximum atomic E-state index is 14.1. The quantitative estimate of drug-likeness (QED) is 0.268. The van der Waals surface area contributed by atoms with Crippen LogP contribution < -0.4 is 14.4 Å². The summed E-state index contributed by atoms with van der Waals surface area (Å²) in [6, 6.07) is 17.7. The topological polar surface area (TPSA) is 96.0 Å². The number of anilines is 1. The summed E-state index contributed by atoms with van der Waals surface area (Å²) in [5, 5.41) is 2.88. The van der Waals surface area contributed by atoms with Gasteiger partial charge in [-0.3, -0.25) is 13.9 Å². The van der Waals surface area contributed by atoms with Crippen LogP contribution in [0.2, 0.25) is 0 Å². The molecule has 0 saturated heterocycles. The van der Waals surface area contributed by atoms with Crippen molar-refractivity contribution in [1.82, 2.24) is 10.2 Å². The number of sulfonamides is 1. The lowest BCUT2D eigenvalue weighted by molar-refractivity contribution is -0.140. The number of nitrogens with zero attached hydrogens (tertiary/aromatic N) is 2. The summed E-state index contributed by atoms with van der Waals surface area (Å²) in [5.74, 6) is -1.08. The van der Waals surface area contributed by atoms with Gasteiger partial charge in [-0.1, -0.05) is 62.2 Å². The molecule has 41 heavy (non-hydrogen) atoms. The Morgan fingerprint density at radius 1 is 0.976 bits per heavy atom. The fraction of sp³-hybridized carbons (Fsp3) is 0.355. The molecule has 0 unspecified atom stereocenters. The van der Waals surface area contributed by atoms with Gasteiger partial charge in [-0.05, 0) is 61.7 Å². The van der Waals surface area contributed by atoms with Crippen molar-refractivity contribution in [2.45, 2.75) is 57.5 Å². The van der Waals surface area contributed by atoms with Gasteiger partial charge in [-0.15, -0.1) is 0 Å². The summed E-state index contributed by atoms with van der Waals surface area (Å²) in [7, 11) is -2.80. The molecule has 3 rings (SSSR count). The zero-order chi connectivity index (χ0) is 30.0. The number of ether oxygens (including phenoxy) is 1. The first-order valence-corrected chi connectivity index (χ1v) is 15.1. The fourth-order valence-corrected chi connectivity index (χ4v) is 5.82. The molecular weight excluding hydrogens is 545 g/mol. The Bertz CT molecular complexity index is 1410. The van der Waals surface area contributed by atoms with Gasteiger partial charge in [0.2, 0.25) is 11.8 Å². The van der Waals surface area contributed by atoms with E-state index < -0.39 is 34.3 Å². The Hall–Kier alpha value is -3.92. The first-order valence-electron chi connectivity index (χ1n) is 13.7. The molecule has 1 N–H and O–H groups in total. The molecule has 0 radical (unpaired) electrons. The lowest BCUT2D eigenvalue weighted by Crippen LogP contribution is -2.52. The summed E-state index contributed by atoms with van der Waals surface area (Å²) < 4.78 is 48.1. The lowest BCUT2D eigenvalue weighted by atomic mass is 10.1. The smallest absolute Gasteiger partial charge is 0.264 e. The van der Waals surface area contributed by atoms with E-state index in [0.717, 1.165) is 22.7 Å². The molecule has 0 aliphatic carbocycles. The monoisotopic (exact) mass is 583 g/mol. The number of rotatable bonds is 14. The number of nitrogens with one attached hydrogen (secondary N) is 1. The number of benzene rings is 3. The molecule has 0 aromatic heterocycles. The molecule has 3 aromatic carbocycles. The van der Waals surface area contributed by atoms with Crippen molar-refractivity contribution < 1.29 is 27.1 Å². The number of carbonyl (C=O) groups is 2. The van der Waals surface area contributed by atoms with Crippen LogP contribution in [-0.2, 0) is 26.2 Å². The number of carbonyl (C=O) groups excluding carboxylic acids is 2. The third kappa shape index (κ3) is 8.07. The van der Waals surface area contributed by atoms with Crippen molar-refractivity contribution in [3.8, 4) is 5.75 Å². The first-order chi connectivity index (χ1) is 19.6. The Balaban J connectivity index is 2.06. The van der Waals surface area contributed by atoms with Crippen LogP contribution >= 0.6 is 0 Å². The molecule has 0 spiro atoms. The van der Waals surface area contributed by atoms with Crippen LogP contribution in [0.1, 0.15) is 44.2 Å². The minimum atomic E-state index is -4.23. The second kappa shape index (κ2) is 14.6. The Kier molecular flexibility index (Phi) is 11.3. The highest BCUT2D eigenvalue weighted by Gasteiger charge is 2.34. The number of aryl methyl sites for hydroxylation is 1. The van der Waals surface area contributed by atoms with Gasteiger partial charge in [0.15, 0.2) is 0 Å². The van der Waals surface area contributed by atoms with Gasteiger partial charge in [0.05, 0.1) is 17.7 Å². The van der Waals surface area contributed by atoms with E-state index in [1.165, 1.54) is 36.3 Å². The maximum absolute atomic E-state index is 14.1. The Morgan fingerprint density at radius 3 is 2.24 bits per heavy atom. The first kappa shape index (κ1) is 31.6. The number of unbranched alkanes of at least 4 members (excludes halogenated alkanes) is 1. The maximum Gasteiger partial charge on any atom is 0.264 e. The summed E-state index contributed by atoms with van der Waals surface area (Å²) in [4.78, 5) is 28.7. The number of methoxy groups -OCH3 is 1. The van der Waals surface area contributed by atoms with Crippen LogP contribution in [-0.4, -0.2) is 51.4 Å². The minimum Gasteiger partial charge on any atom is -0.495 e. The molecule has 0 heterocycles. The van der Waals surface area contributed by atoms with Crippen molar-refractivity contribution in [1.29, 1.82) is 0 Å². The van der Waals surface area contributed by atoms with Crippen LogP contribution in [0.15, 0.2) is 77.7 Å². The molecule has 0 aliphatic rings. The molecule has 0 bridgehead atoms. The van der Waals surface area contributed by atoms with Gasteiger partial charge < -0.3 is 15.0 Å². The summed E-state index contributed by atoms with van der Waals surface area (Å²) in [6.45, 7) is 5.51. The van der Waals surface area contributed by atoms with Crippen molar-refractivity contribution in [2.75, 3.05) is 24.5 Å². The molecule has 0 fully saturated rings. The van der Waals surface area contributed by atoms with E-state index in [4.69, 9.17) is 4.74 Å². The molecule has 0 saturated carbocycles. The van der Waals surface area contributed by atoms with Crippen LogP contribution in [0.4, 0.5) is 10.1 Å². The standard InChI is InChI=1S/C31H38FN3O5S/c1-5-7-20-33-31(37)27(6-2)34(21-24-14-16-25(32)17-15-24)30(36)22-35(28-10-8-9-11-29(28)40-4)41(38,39)26-18-12-23(3)13-19-26/h8-19,27H,5-7,20-22H2,1-4H3,(H,33,37)/t27-/m0/s1. The van der Waals surface area contributed by atoms with Crippen molar-refractivity contribution in [2.24, 2.45) is 0 Å². The Morgan fingerprint density at radius 2 is 1.63 bits per heavy atom. The molecule has 1 atom stereocenters. The van der Waals surface area contributed by atoms with E-state index in [9.17, 15) is 22.4 Å². The van der Waals surface area contributed by atoms with Gasteiger partial charge in [-0.25, -0.2) is 12.8 Å². The molecule has 10 heteroatoms. The van der Waals surface area contributed by atoms with Gasteiger partial charge in [-0.2, -0.15) is 0 Å². The van der Waals surface area contributed by atoms with E-state index in [0.29, 0.717) is 18.5 Å². The molecule has 3 aromatic rings. The van der Waals surface area contributed by atoms with Crippen LogP contribution in [0.25, 0.3) is 0 Å². The van der Waals surface area contributed by atoms with Gasteiger partial charge in [0.1, 0.15) is 24.2 Å². The SMILES string of the molecule is CCCCNC(=O)[C@H](CC)N(Cc1ccc(F)cc1)C(=O)CN(c1ccccc1OC)S(=O)(=O)c1ccc(C)cc1. The number of hydrogen-bond donors (Lipinski definition) is 1. The van der Waals surface area contributed by atoms with Gasteiger partial charge >= 0.3 is 0 Å². The molecule has 8 nitrogen and oxygen atoms in total. The highest BCUT2D eigenvalue weighted by molar-refractivity contribution is 7.92. The van der Waals surface area contributed by atoms with E-state index in [1.54, 1.807) is 55.5 Å². The molecule has 0 aliphatic heterocycles. The van der Waals surface area contributed by atoms with E-state index in [2.05, 4.69) is 5.32 Å². The van der Waals surface area contributed by atoms with E-state index >= 15 is 0 Å². The number of para-hydroxylation sites is 2. The number of halogens is 1. The third-order valence-electron chi connectivity index (χ3n) is 6.72. The third-order valence-corrected chi connectivity index (χ3v) is 8.50. The fourth-order valence-electron chi connectivity index (χ4n) is 4.40. The predicted octanol–water partition coefficient (Wildman–Crippen LogP) is 5.06. The predicted molar refractivity (Wildman–Crippen MR) is 158 cm³/mol. The van der Waals surface area contributed by atoms with Crippen LogP contribution in [0, 0.1) is 12.7 Å². The summed E-state index contributed by atoms with van der Waals surface area (Å²) in [5.41, 5.74) is 1.67. The average molecular weight is 584 g/mol. The molecular formula is C31H38FN3O5S. The number of hydrogen-bond acceptors (Lipinski definition) is 5. The van der Waals surface area contributed by atoms with Crippen molar-refractivity contribution in [3.63, 3.8) is 0 Å². The largest absolute Gasteiger partial charge is 0.495 e. The molecule has 220 valence electrons. The molecule has 2 amide bonds. The zero-order valence-corrected chi connectivity index (χ0v) is 24.8. The second-order valence-electron chi connectivity index (χ2n) is 9.71. The lowest BCUT2D eigenvalue weighted by Gasteiger charge is -2.33. The van der Waals surface area contributed by atoms with Crippen LogP contribution in [0.5, 0.6) is 5.75 Å². The second-order valence-corrected chi connectivity index (χ2v) is 11.6. The average Bonchev–Trinajstić information content (AvgIpc) is 2.97. The summed E-state index contributed by atoms with van der Waals surface area (Å²) >= 11 is 0. The minimum absolute atomic E-state index is 0.0104. The highest BCUT2D eigenvalue weighted by Crippen LogP contribution is 2.32. The van der Waals surface area contributed by atoms with E-state index in [1.807, 2.05) is 13.8 Å². The van der Waals surface area contributed by atoms with Crippen molar-refractivity contribution >= 4 is 27.5 Å². The van der Waals surface area contributed by atoms with Gasteiger partial charge in [0.25, 0.3) is 10.0 Å². The number of amides is 2. The normalized spacial score (nSPS) is 11.9. The highest BCUT2D eigenvalue weighted by atomic mass is 32.2. The van der Waals surface area contributed by atoms with Crippen molar-refractivity contribution in [3.05, 3.63) is 89.7 Å². The van der Waals surface area contributed by atoms with E-state index in [-0.39, 0.29) is 28.8 Å².